The Balaban J connectivity index is 0.000000182. The topological polar surface area (TPSA) is 9.23 Å². The average molecular weight is 403 g/mol. The Morgan fingerprint density at radius 3 is 2.37 bits per heavy atom. The van der Waals surface area contributed by atoms with E-state index in [-0.39, 0.29) is 0 Å². The molecule has 3 aromatic rings. The first-order chi connectivity index (χ1) is 14.5. The lowest BCUT2D eigenvalue weighted by Gasteiger charge is -2.22. The number of methoxy groups -OCH3 is 1. The van der Waals surface area contributed by atoms with Crippen LogP contribution in [-0.2, 0) is 12.8 Å². The molecule has 0 bridgehead atoms. The number of allylic oxidation sites excluding steroid dienone is 1. The molecule has 0 amide bonds. The molecule has 1 heteroatoms. The number of hydrogen-bond acceptors (Lipinski definition) is 1. The van der Waals surface area contributed by atoms with E-state index in [0.29, 0.717) is 5.92 Å². The van der Waals surface area contributed by atoms with E-state index >= 15 is 0 Å². The van der Waals surface area contributed by atoms with E-state index in [1.807, 2.05) is 6.08 Å². The predicted octanol–water partition coefficient (Wildman–Crippen LogP) is 8.37. The van der Waals surface area contributed by atoms with Gasteiger partial charge in [-0.1, -0.05) is 88.4 Å². The summed E-state index contributed by atoms with van der Waals surface area (Å²) in [5.41, 5.74) is 4.36. The van der Waals surface area contributed by atoms with Crippen molar-refractivity contribution in [2.45, 2.75) is 59.3 Å². The van der Waals surface area contributed by atoms with Crippen LogP contribution in [0.5, 0.6) is 5.75 Å². The van der Waals surface area contributed by atoms with E-state index in [1.54, 1.807) is 7.11 Å². The molecule has 4 rings (SSSR count). The van der Waals surface area contributed by atoms with Gasteiger partial charge in [-0.15, -0.1) is 6.58 Å². The molecule has 0 fully saturated rings. The van der Waals surface area contributed by atoms with Crippen LogP contribution in [0, 0.1) is 5.92 Å². The van der Waals surface area contributed by atoms with Crippen LogP contribution >= 0.6 is 0 Å². The van der Waals surface area contributed by atoms with Crippen LogP contribution in [0.3, 0.4) is 0 Å². The number of benzene rings is 3. The highest BCUT2D eigenvalue weighted by atomic mass is 16.5. The summed E-state index contributed by atoms with van der Waals surface area (Å²) in [5.74, 6) is 2.51. The Bertz CT molecular complexity index is 917. The predicted molar refractivity (Wildman–Crippen MR) is 133 cm³/mol. The Morgan fingerprint density at radius 2 is 1.70 bits per heavy atom. The van der Waals surface area contributed by atoms with Crippen molar-refractivity contribution in [1.29, 1.82) is 0 Å². The lowest BCUT2D eigenvalue weighted by atomic mass is 9.84. The number of rotatable bonds is 3. The van der Waals surface area contributed by atoms with Crippen LogP contribution in [0.1, 0.15) is 63.1 Å². The Morgan fingerprint density at radius 1 is 1.03 bits per heavy atom. The largest absolute Gasteiger partial charge is 0.496 e. The molecule has 0 saturated heterocycles. The van der Waals surface area contributed by atoms with Gasteiger partial charge in [-0.25, -0.2) is 0 Å². The van der Waals surface area contributed by atoms with Crippen molar-refractivity contribution in [1.82, 2.24) is 0 Å². The number of hydrogen-bond donors (Lipinski definition) is 0. The summed E-state index contributed by atoms with van der Waals surface area (Å²) >= 11 is 0. The van der Waals surface area contributed by atoms with Crippen molar-refractivity contribution >= 4 is 10.8 Å². The molecule has 0 spiro atoms. The minimum atomic E-state index is 0.603. The highest BCUT2D eigenvalue weighted by molar-refractivity contribution is 5.86. The Labute approximate surface area is 183 Å². The molecule has 1 aliphatic carbocycles. The van der Waals surface area contributed by atoms with Crippen molar-refractivity contribution in [3.63, 3.8) is 0 Å². The molecule has 0 radical (unpaired) electrons. The molecule has 160 valence electrons. The normalized spacial score (nSPS) is 14.7. The maximum atomic E-state index is 5.35. The second-order valence-corrected chi connectivity index (χ2v) is 8.37. The second kappa shape index (κ2) is 12.2. The minimum Gasteiger partial charge on any atom is -0.496 e. The van der Waals surface area contributed by atoms with E-state index in [4.69, 9.17) is 4.74 Å². The smallest absolute Gasteiger partial charge is 0.122 e. The molecule has 3 aromatic carbocycles. The first-order valence-electron chi connectivity index (χ1n) is 11.2. The molecule has 0 aliphatic heterocycles. The second-order valence-electron chi connectivity index (χ2n) is 8.37. The number of fused-ring (bicyclic) bond motifs is 2. The van der Waals surface area contributed by atoms with Gasteiger partial charge in [0.05, 0.1) is 7.11 Å². The van der Waals surface area contributed by atoms with Gasteiger partial charge in [0.15, 0.2) is 0 Å². The molecule has 0 aromatic heterocycles. The summed E-state index contributed by atoms with van der Waals surface area (Å²) in [5, 5.41) is 2.73. The van der Waals surface area contributed by atoms with E-state index in [0.717, 1.165) is 18.1 Å². The molecule has 0 saturated carbocycles. The quantitative estimate of drug-likeness (QED) is 0.400. The molecule has 1 atom stereocenters. The van der Waals surface area contributed by atoms with Gasteiger partial charge in [0.1, 0.15) is 5.75 Å². The highest BCUT2D eigenvalue weighted by Gasteiger charge is 2.17. The van der Waals surface area contributed by atoms with Crippen molar-refractivity contribution in [3.05, 3.63) is 90.0 Å². The van der Waals surface area contributed by atoms with Gasteiger partial charge in [-0.05, 0) is 71.0 Å². The van der Waals surface area contributed by atoms with Crippen molar-refractivity contribution in [2.24, 2.45) is 5.92 Å². The first kappa shape index (κ1) is 23.7. The minimum absolute atomic E-state index is 0.603. The highest BCUT2D eigenvalue weighted by Crippen LogP contribution is 2.31. The van der Waals surface area contributed by atoms with Crippen LogP contribution in [0.4, 0.5) is 0 Å². The fraction of sp³-hybridized carbons (Fsp3) is 0.379. The maximum Gasteiger partial charge on any atom is 0.122 e. The molecule has 1 unspecified atom stereocenters. The fourth-order valence-corrected chi connectivity index (χ4v) is 3.90. The molecule has 1 aliphatic rings. The molecule has 0 heterocycles. The first-order valence-corrected chi connectivity index (χ1v) is 11.2. The van der Waals surface area contributed by atoms with Crippen LogP contribution in [0.2, 0.25) is 0 Å². The molecular formula is C29H38O. The van der Waals surface area contributed by atoms with E-state index < -0.39 is 0 Å². The van der Waals surface area contributed by atoms with E-state index in [2.05, 4.69) is 94.9 Å². The zero-order chi connectivity index (χ0) is 21.9. The van der Waals surface area contributed by atoms with Gasteiger partial charge in [0.2, 0.25) is 0 Å². The third-order valence-corrected chi connectivity index (χ3v) is 5.64. The van der Waals surface area contributed by atoms with E-state index in [1.165, 1.54) is 46.7 Å². The summed E-state index contributed by atoms with van der Waals surface area (Å²) in [6.07, 6.45) is 6.65. The van der Waals surface area contributed by atoms with Crippen LogP contribution < -0.4 is 4.74 Å². The van der Waals surface area contributed by atoms with Crippen LogP contribution in [0.25, 0.3) is 10.8 Å². The summed E-state index contributed by atoms with van der Waals surface area (Å²) in [6, 6.07) is 21.5. The van der Waals surface area contributed by atoms with Crippen LogP contribution in [-0.4, -0.2) is 7.11 Å². The SMILES string of the molecule is C=CCC.CC(C)c1cccc2ccccc12.COc1cccc2c1CCC(C)C2. The van der Waals surface area contributed by atoms with Crippen molar-refractivity contribution in [3.8, 4) is 5.75 Å². The Hall–Kier alpha value is -2.54. The van der Waals surface area contributed by atoms with Crippen molar-refractivity contribution < 1.29 is 4.74 Å². The zero-order valence-corrected chi connectivity index (χ0v) is 19.4. The van der Waals surface area contributed by atoms with E-state index in [9.17, 15) is 0 Å². The summed E-state index contributed by atoms with van der Waals surface area (Å²) in [6.45, 7) is 12.3. The van der Waals surface area contributed by atoms with Crippen molar-refractivity contribution in [2.75, 3.05) is 7.11 Å². The number of ether oxygens (including phenoxy) is 1. The summed E-state index contributed by atoms with van der Waals surface area (Å²) in [7, 11) is 1.76. The third kappa shape index (κ3) is 6.49. The van der Waals surface area contributed by atoms with Gasteiger partial charge in [-0.3, -0.25) is 0 Å². The molecule has 0 N–H and O–H groups in total. The third-order valence-electron chi connectivity index (χ3n) is 5.64. The van der Waals surface area contributed by atoms with Gasteiger partial charge in [-0.2, -0.15) is 0 Å². The van der Waals surface area contributed by atoms with Gasteiger partial charge >= 0.3 is 0 Å². The van der Waals surface area contributed by atoms with Gasteiger partial charge < -0.3 is 4.74 Å². The average Bonchev–Trinajstić information content (AvgIpc) is 2.78. The van der Waals surface area contributed by atoms with Gasteiger partial charge in [0, 0.05) is 0 Å². The standard InChI is InChI=1S/C13H14.C12H16O.C4H8/c1-10(2)12-9-5-7-11-6-3-4-8-13(11)12;1-9-6-7-11-10(8-9)4-3-5-12(11)13-2;1-3-4-2/h3-10H,1-2H3;3-5,9H,6-8H2,1-2H3;3H,1,4H2,2H3. The fourth-order valence-electron chi connectivity index (χ4n) is 3.90. The maximum absolute atomic E-state index is 5.35. The monoisotopic (exact) mass is 402 g/mol. The summed E-state index contributed by atoms with van der Waals surface area (Å²) < 4.78 is 5.35. The molecular weight excluding hydrogens is 364 g/mol. The lowest BCUT2D eigenvalue weighted by molar-refractivity contribution is 0.399. The Kier molecular flexibility index (Phi) is 9.67. The molecule has 1 nitrogen and oxygen atoms in total. The molecule has 30 heavy (non-hydrogen) atoms. The van der Waals surface area contributed by atoms with Crippen LogP contribution in [0.15, 0.2) is 73.3 Å². The summed E-state index contributed by atoms with van der Waals surface area (Å²) in [4.78, 5) is 0. The zero-order valence-electron chi connectivity index (χ0n) is 19.4. The lowest BCUT2D eigenvalue weighted by Crippen LogP contribution is -2.12. The van der Waals surface area contributed by atoms with Gasteiger partial charge in [0.25, 0.3) is 0 Å².